The molecule has 0 N–H and O–H groups in total. The average molecular weight is 320 g/mol. The van der Waals surface area contributed by atoms with E-state index < -0.39 is 18.5 Å². The van der Waals surface area contributed by atoms with Gasteiger partial charge in [-0.05, 0) is 13.3 Å². The van der Waals surface area contributed by atoms with Gasteiger partial charge in [-0.1, -0.05) is 25.7 Å². The fourth-order valence-corrected chi connectivity index (χ4v) is 4.17. The molecule has 0 aromatic rings. The van der Waals surface area contributed by atoms with Crippen LogP contribution in [0.4, 0.5) is 0 Å². The molecular weight excluding hydrogens is 300 g/mol. The van der Waals surface area contributed by atoms with E-state index in [1.54, 1.807) is 0 Å². The Labute approximate surface area is 134 Å². The van der Waals surface area contributed by atoms with Gasteiger partial charge in [-0.15, -0.1) is 0 Å². The molecular formula is C17H20O6. The number of fused-ring (bicyclic) bond motifs is 5. The zero-order chi connectivity index (χ0) is 16.9. The smallest absolute Gasteiger partial charge is 0.344 e. The highest BCUT2D eigenvalue weighted by Gasteiger charge is 2.67. The number of ether oxygens (including phenoxy) is 3. The van der Waals surface area contributed by atoms with Crippen LogP contribution in [0, 0.1) is 17.3 Å². The number of carbonyl (C=O) groups is 3. The second-order valence-corrected chi connectivity index (χ2v) is 6.84. The number of hydrogen-bond acceptors (Lipinski definition) is 6. The minimum atomic E-state index is -0.624. The number of carbonyl (C=O) groups excluding carboxylic acids is 3. The first-order chi connectivity index (χ1) is 10.7. The second kappa shape index (κ2) is 5.22. The summed E-state index contributed by atoms with van der Waals surface area (Å²) in [6.45, 7) is 10.6. The Morgan fingerprint density at radius 2 is 2.13 bits per heavy atom. The highest BCUT2D eigenvalue weighted by Crippen LogP contribution is 2.64. The van der Waals surface area contributed by atoms with Gasteiger partial charge in [0.15, 0.2) is 6.61 Å². The van der Waals surface area contributed by atoms with Crippen LogP contribution in [0.5, 0.6) is 0 Å². The van der Waals surface area contributed by atoms with Gasteiger partial charge in [-0.2, -0.15) is 0 Å². The summed E-state index contributed by atoms with van der Waals surface area (Å²) in [5, 5.41) is 0. The molecule has 1 heterocycles. The van der Waals surface area contributed by atoms with E-state index in [9.17, 15) is 14.4 Å². The van der Waals surface area contributed by atoms with Crippen LogP contribution in [0.3, 0.4) is 0 Å². The molecule has 2 bridgehead atoms. The van der Waals surface area contributed by atoms with Crippen molar-refractivity contribution >= 4 is 17.9 Å². The van der Waals surface area contributed by atoms with Crippen molar-refractivity contribution in [3.63, 3.8) is 0 Å². The summed E-state index contributed by atoms with van der Waals surface area (Å²) in [6.07, 6.45) is 0.399. The number of esters is 3. The molecule has 3 aliphatic rings. The zero-order valence-corrected chi connectivity index (χ0v) is 13.3. The van der Waals surface area contributed by atoms with Crippen molar-refractivity contribution < 1.29 is 28.6 Å². The Balaban J connectivity index is 1.64. The molecule has 6 nitrogen and oxygen atoms in total. The highest BCUT2D eigenvalue weighted by atomic mass is 16.6. The van der Waals surface area contributed by atoms with E-state index in [0.29, 0.717) is 12.8 Å². The van der Waals surface area contributed by atoms with E-state index in [2.05, 4.69) is 13.2 Å². The van der Waals surface area contributed by atoms with Gasteiger partial charge < -0.3 is 14.2 Å². The molecule has 0 aromatic heterocycles. The summed E-state index contributed by atoms with van der Waals surface area (Å²) < 4.78 is 15.7. The van der Waals surface area contributed by atoms with E-state index in [0.717, 1.165) is 5.57 Å². The summed E-state index contributed by atoms with van der Waals surface area (Å²) >= 11 is 0. The van der Waals surface area contributed by atoms with Crippen molar-refractivity contribution in [2.75, 3.05) is 6.61 Å². The fourth-order valence-electron chi connectivity index (χ4n) is 4.17. The highest BCUT2D eigenvalue weighted by molar-refractivity contribution is 5.88. The van der Waals surface area contributed by atoms with Crippen LogP contribution in [-0.4, -0.2) is 36.7 Å². The Morgan fingerprint density at radius 1 is 1.43 bits per heavy atom. The van der Waals surface area contributed by atoms with Crippen LogP contribution in [0.1, 0.15) is 26.7 Å². The Kier molecular flexibility index (Phi) is 3.58. The molecule has 6 heteroatoms. The Hall–Kier alpha value is -2.11. The molecule has 1 aliphatic heterocycles. The third-order valence-corrected chi connectivity index (χ3v) is 5.25. The standard InChI is InChI=1S/C17H20O6/c1-8(2)16(20)21-7-13(19)22-11-6-17(4)9(3)14(11)10-5-12(18)23-15(10)17/h10-11,14-15H,1,3,5-7H2,2,4H3. The molecule has 0 amide bonds. The predicted octanol–water partition coefficient (Wildman–Crippen LogP) is 1.55. The second-order valence-electron chi connectivity index (χ2n) is 6.84. The van der Waals surface area contributed by atoms with Crippen molar-refractivity contribution in [3.8, 4) is 0 Å². The molecule has 3 rings (SSSR count). The van der Waals surface area contributed by atoms with Crippen LogP contribution in [-0.2, 0) is 28.6 Å². The van der Waals surface area contributed by atoms with Crippen molar-refractivity contribution in [1.29, 1.82) is 0 Å². The van der Waals surface area contributed by atoms with E-state index in [4.69, 9.17) is 14.2 Å². The molecule has 2 aliphatic carbocycles. The topological polar surface area (TPSA) is 78.9 Å². The third kappa shape index (κ3) is 2.36. The van der Waals surface area contributed by atoms with E-state index in [-0.39, 0.29) is 41.0 Å². The lowest BCUT2D eigenvalue weighted by Gasteiger charge is -2.33. The summed E-state index contributed by atoms with van der Waals surface area (Å²) in [5.74, 6) is -1.48. The van der Waals surface area contributed by atoms with Gasteiger partial charge in [-0.25, -0.2) is 9.59 Å². The molecule has 0 radical (unpaired) electrons. The normalized spacial score (nSPS) is 37.3. The maximum Gasteiger partial charge on any atom is 0.344 e. The van der Waals surface area contributed by atoms with Gasteiger partial charge in [0.05, 0.1) is 6.42 Å². The van der Waals surface area contributed by atoms with Crippen molar-refractivity contribution in [2.45, 2.75) is 38.9 Å². The monoisotopic (exact) mass is 320 g/mol. The molecule has 124 valence electrons. The lowest BCUT2D eigenvalue weighted by Crippen LogP contribution is -2.40. The van der Waals surface area contributed by atoms with E-state index in [1.807, 2.05) is 6.92 Å². The van der Waals surface area contributed by atoms with Gasteiger partial charge in [-0.3, -0.25) is 4.79 Å². The van der Waals surface area contributed by atoms with E-state index >= 15 is 0 Å². The van der Waals surface area contributed by atoms with Crippen molar-refractivity contribution in [2.24, 2.45) is 17.3 Å². The van der Waals surface area contributed by atoms with Crippen molar-refractivity contribution in [1.82, 2.24) is 0 Å². The summed E-state index contributed by atoms with van der Waals surface area (Å²) in [5.41, 5.74) is 0.862. The van der Waals surface area contributed by atoms with Crippen LogP contribution in [0.25, 0.3) is 0 Å². The minimum Gasteiger partial charge on any atom is -0.461 e. The van der Waals surface area contributed by atoms with Crippen LogP contribution in [0.15, 0.2) is 24.3 Å². The van der Waals surface area contributed by atoms with Gasteiger partial charge in [0.25, 0.3) is 0 Å². The molecule has 5 unspecified atom stereocenters. The molecule has 2 saturated carbocycles. The maximum atomic E-state index is 11.9. The van der Waals surface area contributed by atoms with Gasteiger partial charge in [0, 0.05) is 22.8 Å². The lowest BCUT2D eigenvalue weighted by atomic mass is 9.77. The summed E-state index contributed by atoms with van der Waals surface area (Å²) in [7, 11) is 0. The molecule has 0 spiro atoms. The largest absolute Gasteiger partial charge is 0.461 e. The van der Waals surface area contributed by atoms with Crippen LogP contribution >= 0.6 is 0 Å². The summed E-state index contributed by atoms with van der Waals surface area (Å²) in [4.78, 5) is 34.8. The predicted molar refractivity (Wildman–Crippen MR) is 79.0 cm³/mol. The number of rotatable bonds is 4. The molecule has 3 fully saturated rings. The summed E-state index contributed by atoms with van der Waals surface area (Å²) in [6, 6.07) is 0. The third-order valence-electron chi connectivity index (χ3n) is 5.25. The van der Waals surface area contributed by atoms with Gasteiger partial charge in [0.2, 0.25) is 0 Å². The molecule has 1 saturated heterocycles. The first-order valence-electron chi connectivity index (χ1n) is 7.65. The van der Waals surface area contributed by atoms with Gasteiger partial charge in [0.1, 0.15) is 12.2 Å². The Morgan fingerprint density at radius 3 is 2.78 bits per heavy atom. The zero-order valence-electron chi connectivity index (χ0n) is 13.3. The lowest BCUT2D eigenvalue weighted by molar-refractivity contribution is -0.165. The van der Waals surface area contributed by atoms with Crippen molar-refractivity contribution in [3.05, 3.63) is 24.3 Å². The Bertz CT molecular complexity index is 621. The van der Waals surface area contributed by atoms with E-state index in [1.165, 1.54) is 6.92 Å². The average Bonchev–Trinajstić information content (AvgIpc) is 3.02. The van der Waals surface area contributed by atoms with Crippen LogP contribution < -0.4 is 0 Å². The fraction of sp³-hybridized carbons (Fsp3) is 0.588. The quantitative estimate of drug-likeness (QED) is 0.338. The molecule has 0 aromatic carbocycles. The van der Waals surface area contributed by atoms with Gasteiger partial charge >= 0.3 is 17.9 Å². The maximum absolute atomic E-state index is 11.9. The minimum absolute atomic E-state index is 0.0181. The first-order valence-corrected chi connectivity index (χ1v) is 7.65. The SMILES string of the molecule is C=C(C)C(=O)OCC(=O)OC1CC2(C)C(=C)C1C1CC(=O)OC12. The molecule has 23 heavy (non-hydrogen) atoms. The van der Waals surface area contributed by atoms with Crippen LogP contribution in [0.2, 0.25) is 0 Å². The number of hydrogen-bond donors (Lipinski definition) is 0. The molecule has 5 atom stereocenters. The first kappa shape index (κ1) is 15.8.